The molecule has 0 bridgehead atoms. The molecule has 2 rings (SSSR count). The molecule has 0 heterocycles. The molecule has 0 aliphatic heterocycles. The molecule has 0 fully saturated rings. The maximum absolute atomic E-state index is 11.2. The highest BCUT2D eigenvalue weighted by molar-refractivity contribution is 5.86. The first-order valence-corrected chi connectivity index (χ1v) is 7.15. The maximum Gasteiger partial charge on any atom is 0.168 e. The molecular formula is C19H20O3. The fourth-order valence-corrected chi connectivity index (χ4v) is 2.43. The third kappa shape index (κ3) is 3.19. The van der Waals surface area contributed by atoms with Crippen LogP contribution in [0.25, 0.3) is 11.5 Å². The number of hydrogen-bond acceptors (Lipinski definition) is 3. The lowest BCUT2D eigenvalue weighted by Gasteiger charge is -2.17. The van der Waals surface area contributed by atoms with E-state index in [-0.39, 0.29) is 5.92 Å². The predicted octanol–water partition coefficient (Wildman–Crippen LogP) is 4.11. The summed E-state index contributed by atoms with van der Waals surface area (Å²) in [5.74, 6) is 1.06. The summed E-state index contributed by atoms with van der Waals surface area (Å²) >= 11 is 0. The first-order chi connectivity index (χ1) is 10.7. The van der Waals surface area contributed by atoms with Gasteiger partial charge in [-0.05, 0) is 5.56 Å². The van der Waals surface area contributed by atoms with Crippen molar-refractivity contribution < 1.29 is 14.3 Å². The van der Waals surface area contributed by atoms with Crippen LogP contribution in [-0.2, 0) is 14.3 Å². The maximum atomic E-state index is 11.2. The summed E-state index contributed by atoms with van der Waals surface area (Å²) in [6.45, 7) is 1.87. The summed E-state index contributed by atoms with van der Waals surface area (Å²) in [4.78, 5) is 11.2. The third-order valence-electron chi connectivity index (χ3n) is 3.55. The molecular weight excluding hydrogens is 276 g/mol. The van der Waals surface area contributed by atoms with Crippen LogP contribution in [0.4, 0.5) is 0 Å². The summed E-state index contributed by atoms with van der Waals surface area (Å²) in [6.07, 6.45) is 0.932. The molecule has 0 saturated carbocycles. The minimum Gasteiger partial charge on any atom is -0.492 e. The van der Waals surface area contributed by atoms with Gasteiger partial charge in [-0.1, -0.05) is 61.5 Å². The molecule has 2 aromatic rings. The number of methoxy groups -OCH3 is 2. The monoisotopic (exact) mass is 296 g/mol. The molecule has 0 radical (unpaired) electrons. The average Bonchev–Trinajstić information content (AvgIpc) is 2.59. The minimum atomic E-state index is -0.213. The zero-order valence-corrected chi connectivity index (χ0v) is 13.1. The lowest BCUT2D eigenvalue weighted by molar-refractivity contribution is -0.108. The summed E-state index contributed by atoms with van der Waals surface area (Å²) < 4.78 is 11.2. The molecule has 0 N–H and O–H groups in total. The van der Waals surface area contributed by atoms with Crippen LogP contribution in [0.5, 0.6) is 0 Å². The van der Waals surface area contributed by atoms with Crippen molar-refractivity contribution in [3.63, 3.8) is 0 Å². The fraction of sp³-hybridized carbons (Fsp3) is 0.211. The normalized spacial score (nSPS) is 13.0. The Morgan fingerprint density at radius 3 is 2.09 bits per heavy atom. The largest absolute Gasteiger partial charge is 0.492 e. The molecule has 114 valence electrons. The van der Waals surface area contributed by atoms with Gasteiger partial charge in [-0.3, -0.25) is 0 Å². The van der Waals surface area contributed by atoms with E-state index in [2.05, 4.69) is 0 Å². The predicted molar refractivity (Wildman–Crippen MR) is 88.2 cm³/mol. The number of benzene rings is 2. The lowest BCUT2D eigenvalue weighted by Crippen LogP contribution is -2.04. The Bertz CT molecular complexity index is 659. The fourth-order valence-electron chi connectivity index (χ4n) is 2.43. The number of ether oxygens (including phenoxy) is 2. The standard InChI is InChI=1S/C19H20O3/c1-14(13-20)16-11-7-8-12-17(16)19(22-3)18(21-2)15-9-5-4-6-10-15/h4-14H,1-3H3. The van der Waals surface area contributed by atoms with Crippen LogP contribution in [0.1, 0.15) is 29.5 Å². The van der Waals surface area contributed by atoms with E-state index in [4.69, 9.17) is 9.47 Å². The molecule has 0 aliphatic rings. The number of carbonyl (C=O) groups is 1. The molecule has 0 aromatic heterocycles. The Kier molecular flexibility index (Phi) is 5.37. The van der Waals surface area contributed by atoms with E-state index in [0.717, 1.165) is 23.0 Å². The zero-order valence-electron chi connectivity index (χ0n) is 13.1. The Morgan fingerprint density at radius 1 is 0.909 bits per heavy atom. The van der Waals surface area contributed by atoms with Crippen molar-refractivity contribution in [2.45, 2.75) is 12.8 Å². The van der Waals surface area contributed by atoms with Crippen molar-refractivity contribution in [2.75, 3.05) is 14.2 Å². The van der Waals surface area contributed by atoms with Crippen molar-refractivity contribution in [1.29, 1.82) is 0 Å². The van der Waals surface area contributed by atoms with Gasteiger partial charge in [-0.25, -0.2) is 0 Å². The highest BCUT2D eigenvalue weighted by Gasteiger charge is 2.18. The minimum absolute atomic E-state index is 0.213. The second-order valence-electron chi connectivity index (χ2n) is 4.94. The van der Waals surface area contributed by atoms with E-state index in [1.165, 1.54) is 0 Å². The first-order valence-electron chi connectivity index (χ1n) is 7.15. The van der Waals surface area contributed by atoms with Crippen molar-refractivity contribution in [3.05, 3.63) is 71.3 Å². The van der Waals surface area contributed by atoms with Gasteiger partial charge in [0.2, 0.25) is 0 Å². The van der Waals surface area contributed by atoms with Gasteiger partial charge in [0.05, 0.1) is 14.2 Å². The van der Waals surface area contributed by atoms with Crippen molar-refractivity contribution >= 4 is 17.8 Å². The van der Waals surface area contributed by atoms with Crippen LogP contribution >= 0.6 is 0 Å². The quantitative estimate of drug-likeness (QED) is 0.457. The molecule has 2 aromatic carbocycles. The van der Waals surface area contributed by atoms with Crippen LogP contribution in [-0.4, -0.2) is 20.5 Å². The SMILES string of the molecule is COC(=C(OC)c1ccccc1C(C)C=O)c1ccccc1. The van der Waals surface area contributed by atoms with E-state index in [9.17, 15) is 4.79 Å². The highest BCUT2D eigenvalue weighted by atomic mass is 16.5. The second-order valence-corrected chi connectivity index (χ2v) is 4.94. The Balaban J connectivity index is 2.65. The molecule has 0 amide bonds. The van der Waals surface area contributed by atoms with Crippen LogP contribution in [0.15, 0.2) is 54.6 Å². The molecule has 0 spiro atoms. The molecule has 0 aliphatic carbocycles. The molecule has 22 heavy (non-hydrogen) atoms. The molecule has 0 saturated heterocycles. The van der Waals surface area contributed by atoms with E-state index in [0.29, 0.717) is 11.5 Å². The molecule has 1 atom stereocenters. The smallest absolute Gasteiger partial charge is 0.168 e. The second kappa shape index (κ2) is 7.46. The van der Waals surface area contributed by atoms with Crippen LogP contribution < -0.4 is 0 Å². The summed E-state index contributed by atoms with van der Waals surface area (Å²) in [6, 6.07) is 17.5. The average molecular weight is 296 g/mol. The number of rotatable bonds is 6. The lowest BCUT2D eigenvalue weighted by atomic mass is 9.94. The van der Waals surface area contributed by atoms with Gasteiger partial charge in [0.1, 0.15) is 6.29 Å². The number of carbonyl (C=O) groups excluding carboxylic acids is 1. The molecule has 1 unspecified atom stereocenters. The first kappa shape index (κ1) is 15.8. The van der Waals surface area contributed by atoms with Gasteiger partial charge in [0.15, 0.2) is 11.5 Å². The van der Waals surface area contributed by atoms with Crippen LogP contribution in [0.2, 0.25) is 0 Å². The topological polar surface area (TPSA) is 35.5 Å². The van der Waals surface area contributed by atoms with Gasteiger partial charge in [0, 0.05) is 17.0 Å². The van der Waals surface area contributed by atoms with E-state index >= 15 is 0 Å². The Labute approximate surface area is 131 Å². The van der Waals surface area contributed by atoms with Gasteiger partial charge < -0.3 is 14.3 Å². The summed E-state index contributed by atoms with van der Waals surface area (Å²) in [5.41, 5.74) is 2.71. The third-order valence-corrected chi connectivity index (χ3v) is 3.55. The van der Waals surface area contributed by atoms with Gasteiger partial charge in [-0.2, -0.15) is 0 Å². The number of hydrogen-bond donors (Lipinski definition) is 0. The molecule has 3 nitrogen and oxygen atoms in total. The Hall–Kier alpha value is -2.55. The zero-order chi connectivity index (χ0) is 15.9. The highest BCUT2D eigenvalue weighted by Crippen LogP contribution is 2.32. The van der Waals surface area contributed by atoms with Crippen molar-refractivity contribution in [2.24, 2.45) is 0 Å². The van der Waals surface area contributed by atoms with Gasteiger partial charge in [0.25, 0.3) is 0 Å². The van der Waals surface area contributed by atoms with E-state index in [1.54, 1.807) is 14.2 Å². The van der Waals surface area contributed by atoms with Crippen LogP contribution in [0, 0.1) is 0 Å². The summed E-state index contributed by atoms with van der Waals surface area (Å²) in [7, 11) is 3.23. The summed E-state index contributed by atoms with van der Waals surface area (Å²) in [5, 5.41) is 0. The van der Waals surface area contributed by atoms with Gasteiger partial charge in [-0.15, -0.1) is 0 Å². The van der Waals surface area contributed by atoms with E-state index in [1.807, 2.05) is 61.5 Å². The number of aldehydes is 1. The van der Waals surface area contributed by atoms with Crippen molar-refractivity contribution in [3.8, 4) is 0 Å². The molecule has 3 heteroatoms. The van der Waals surface area contributed by atoms with Crippen LogP contribution in [0.3, 0.4) is 0 Å². The van der Waals surface area contributed by atoms with E-state index < -0.39 is 0 Å². The van der Waals surface area contributed by atoms with Gasteiger partial charge >= 0.3 is 0 Å². The van der Waals surface area contributed by atoms with Crippen molar-refractivity contribution in [1.82, 2.24) is 0 Å². The Morgan fingerprint density at radius 2 is 1.50 bits per heavy atom.